The Kier molecular flexibility index (Phi) is 5.07. The first-order valence-electron chi connectivity index (χ1n) is 5.94. The zero-order valence-electron chi connectivity index (χ0n) is 11.6. The van der Waals surface area contributed by atoms with E-state index in [2.05, 4.69) is 15.0 Å². The van der Waals surface area contributed by atoms with Gasteiger partial charge >= 0.3 is 0 Å². The molecule has 0 saturated carbocycles. The van der Waals surface area contributed by atoms with Crippen LogP contribution in [-0.4, -0.2) is 42.7 Å². The van der Waals surface area contributed by atoms with Crippen molar-refractivity contribution in [3.8, 4) is 0 Å². The van der Waals surface area contributed by atoms with Crippen LogP contribution in [0.15, 0.2) is 6.33 Å². The molecule has 0 aliphatic rings. The highest BCUT2D eigenvalue weighted by molar-refractivity contribution is 7.88. The molecule has 1 aromatic rings. The Morgan fingerprint density at radius 2 is 2.11 bits per heavy atom. The van der Waals surface area contributed by atoms with E-state index in [9.17, 15) is 13.2 Å². The van der Waals surface area contributed by atoms with Gasteiger partial charge in [0.05, 0.1) is 24.3 Å². The van der Waals surface area contributed by atoms with Crippen LogP contribution < -0.4 is 10.0 Å². The number of sulfonamides is 1. The highest BCUT2D eigenvalue weighted by Gasteiger charge is 2.16. The van der Waals surface area contributed by atoms with Gasteiger partial charge in [-0.05, 0) is 20.8 Å². The lowest BCUT2D eigenvalue weighted by atomic mass is 10.3. The van der Waals surface area contributed by atoms with Gasteiger partial charge in [-0.3, -0.25) is 4.79 Å². The largest absolute Gasteiger partial charge is 0.353 e. The molecule has 0 aliphatic heterocycles. The average molecular weight is 288 g/mol. The van der Waals surface area contributed by atoms with Gasteiger partial charge in [0.25, 0.3) is 0 Å². The molecule has 0 fully saturated rings. The average Bonchev–Trinajstić information content (AvgIpc) is 2.58. The van der Waals surface area contributed by atoms with Crippen molar-refractivity contribution in [2.24, 2.45) is 0 Å². The maximum absolute atomic E-state index is 11.6. The maximum atomic E-state index is 11.6. The first kappa shape index (κ1) is 15.6. The smallest absolute Gasteiger partial charge is 0.237 e. The van der Waals surface area contributed by atoms with E-state index in [1.807, 2.05) is 18.4 Å². The van der Waals surface area contributed by atoms with Crippen LogP contribution in [0.3, 0.4) is 0 Å². The number of carbonyl (C=O) groups excluding carboxylic acids is 1. The molecule has 1 amide bonds. The zero-order chi connectivity index (χ0) is 14.6. The van der Waals surface area contributed by atoms with Crippen molar-refractivity contribution >= 4 is 15.9 Å². The van der Waals surface area contributed by atoms with E-state index < -0.39 is 16.1 Å². The molecule has 1 rings (SSSR count). The summed E-state index contributed by atoms with van der Waals surface area (Å²) >= 11 is 0. The summed E-state index contributed by atoms with van der Waals surface area (Å²) in [6, 6.07) is -0.777. The second-order valence-corrected chi connectivity index (χ2v) is 6.29. The van der Waals surface area contributed by atoms with Crippen molar-refractivity contribution in [2.75, 3.05) is 12.8 Å². The van der Waals surface area contributed by atoms with Gasteiger partial charge in [0, 0.05) is 18.8 Å². The Hall–Kier alpha value is -1.41. The number of rotatable bonds is 6. The highest BCUT2D eigenvalue weighted by Crippen LogP contribution is 2.02. The number of nitrogens with one attached hydrogen (secondary N) is 2. The van der Waals surface area contributed by atoms with Gasteiger partial charge in [0.2, 0.25) is 15.9 Å². The summed E-state index contributed by atoms with van der Waals surface area (Å²) in [4.78, 5) is 15.8. The summed E-state index contributed by atoms with van der Waals surface area (Å²) in [6.45, 7) is 6.40. The Bertz CT molecular complexity index is 550. The van der Waals surface area contributed by atoms with Crippen LogP contribution in [0.1, 0.15) is 18.3 Å². The molecule has 0 unspecified atom stereocenters. The fourth-order valence-electron chi connectivity index (χ4n) is 1.60. The third kappa shape index (κ3) is 4.99. The van der Waals surface area contributed by atoms with E-state index in [1.54, 1.807) is 6.33 Å². The molecule has 0 spiro atoms. The first-order valence-corrected chi connectivity index (χ1v) is 7.83. The summed E-state index contributed by atoms with van der Waals surface area (Å²) in [7, 11) is -3.38. The van der Waals surface area contributed by atoms with Crippen LogP contribution in [0.4, 0.5) is 0 Å². The molecule has 0 radical (unpaired) electrons. The highest BCUT2D eigenvalue weighted by atomic mass is 32.2. The summed E-state index contributed by atoms with van der Waals surface area (Å²) in [5.74, 6) is -0.347. The molecule has 0 aliphatic carbocycles. The van der Waals surface area contributed by atoms with Gasteiger partial charge in [-0.15, -0.1) is 0 Å². The Labute approximate surface area is 113 Å². The molecule has 1 heterocycles. The van der Waals surface area contributed by atoms with Crippen molar-refractivity contribution < 1.29 is 13.2 Å². The van der Waals surface area contributed by atoms with Crippen LogP contribution in [0.2, 0.25) is 0 Å². The van der Waals surface area contributed by atoms with Gasteiger partial charge in [0.1, 0.15) is 0 Å². The Morgan fingerprint density at radius 3 is 2.58 bits per heavy atom. The maximum Gasteiger partial charge on any atom is 0.237 e. The molecule has 1 aromatic heterocycles. The van der Waals surface area contributed by atoms with Gasteiger partial charge in [-0.1, -0.05) is 0 Å². The number of imidazole rings is 1. The van der Waals surface area contributed by atoms with Crippen molar-refractivity contribution in [3.63, 3.8) is 0 Å². The lowest BCUT2D eigenvalue weighted by molar-refractivity contribution is -0.122. The molecule has 0 aromatic carbocycles. The third-order valence-electron chi connectivity index (χ3n) is 2.78. The summed E-state index contributed by atoms with van der Waals surface area (Å²) < 4.78 is 26.1. The molecular weight excluding hydrogens is 268 g/mol. The van der Waals surface area contributed by atoms with E-state index in [1.165, 1.54) is 6.92 Å². The number of amides is 1. The van der Waals surface area contributed by atoms with Crippen LogP contribution in [0.5, 0.6) is 0 Å². The topological polar surface area (TPSA) is 93.1 Å². The van der Waals surface area contributed by atoms with Crippen molar-refractivity contribution in [1.29, 1.82) is 0 Å². The summed E-state index contributed by atoms with van der Waals surface area (Å²) in [5.41, 5.74) is 2.01. The molecule has 7 nitrogen and oxygen atoms in total. The van der Waals surface area contributed by atoms with E-state index in [-0.39, 0.29) is 5.91 Å². The predicted molar refractivity (Wildman–Crippen MR) is 72.2 cm³/mol. The summed E-state index contributed by atoms with van der Waals surface area (Å²) in [5, 5.41) is 2.68. The van der Waals surface area contributed by atoms with Crippen LogP contribution in [-0.2, 0) is 21.4 Å². The predicted octanol–water partition coefficient (Wildman–Crippen LogP) is -0.446. The molecule has 19 heavy (non-hydrogen) atoms. The van der Waals surface area contributed by atoms with Crippen LogP contribution in [0.25, 0.3) is 0 Å². The number of aromatic nitrogens is 2. The number of carbonyl (C=O) groups is 1. The molecular formula is C11H20N4O3S. The first-order chi connectivity index (χ1) is 8.70. The standard InChI is InChI=1S/C11H20N4O3S/c1-8-10(3)15(7-13-8)6-5-12-11(16)9(2)14-19(4,17)18/h7,9,14H,5-6H2,1-4H3,(H,12,16)/t9-/m1/s1. The molecule has 1 atom stereocenters. The van der Waals surface area contributed by atoms with Crippen LogP contribution >= 0.6 is 0 Å². The van der Waals surface area contributed by atoms with E-state index >= 15 is 0 Å². The monoisotopic (exact) mass is 288 g/mol. The normalized spacial score (nSPS) is 13.3. The number of aryl methyl sites for hydroxylation is 1. The van der Waals surface area contributed by atoms with Gasteiger partial charge in [0.15, 0.2) is 0 Å². The van der Waals surface area contributed by atoms with E-state index in [0.717, 1.165) is 17.6 Å². The minimum atomic E-state index is -3.38. The lowest BCUT2D eigenvalue weighted by Crippen LogP contribution is -2.45. The summed E-state index contributed by atoms with van der Waals surface area (Å²) in [6.07, 6.45) is 2.74. The molecule has 0 saturated heterocycles. The quantitative estimate of drug-likeness (QED) is 0.742. The van der Waals surface area contributed by atoms with Crippen molar-refractivity contribution in [1.82, 2.24) is 19.6 Å². The molecule has 0 bridgehead atoms. The number of nitrogens with zero attached hydrogens (tertiary/aromatic N) is 2. The fourth-order valence-corrected chi connectivity index (χ4v) is 2.35. The van der Waals surface area contributed by atoms with Gasteiger partial charge < -0.3 is 9.88 Å². The van der Waals surface area contributed by atoms with Crippen molar-refractivity contribution in [3.05, 3.63) is 17.7 Å². The Balaban J connectivity index is 2.41. The van der Waals surface area contributed by atoms with E-state index in [4.69, 9.17) is 0 Å². The lowest BCUT2D eigenvalue weighted by Gasteiger charge is -2.13. The van der Waals surface area contributed by atoms with Gasteiger partial charge in [-0.2, -0.15) is 0 Å². The zero-order valence-corrected chi connectivity index (χ0v) is 12.4. The SMILES string of the molecule is Cc1ncn(CCNC(=O)[C@@H](C)NS(C)(=O)=O)c1C. The van der Waals surface area contributed by atoms with E-state index in [0.29, 0.717) is 13.1 Å². The van der Waals surface area contributed by atoms with Crippen molar-refractivity contribution in [2.45, 2.75) is 33.4 Å². The molecule has 2 N–H and O–H groups in total. The second kappa shape index (κ2) is 6.16. The number of hydrogen-bond acceptors (Lipinski definition) is 4. The fraction of sp³-hybridized carbons (Fsp3) is 0.636. The molecule has 108 valence electrons. The third-order valence-corrected chi connectivity index (χ3v) is 3.56. The minimum absolute atomic E-state index is 0.347. The molecule has 8 heteroatoms. The van der Waals surface area contributed by atoms with Crippen LogP contribution in [0, 0.1) is 13.8 Å². The second-order valence-electron chi connectivity index (χ2n) is 4.51. The Morgan fingerprint density at radius 1 is 1.47 bits per heavy atom. The van der Waals surface area contributed by atoms with Gasteiger partial charge in [-0.25, -0.2) is 18.1 Å². The number of hydrogen-bond donors (Lipinski definition) is 2. The minimum Gasteiger partial charge on any atom is -0.353 e.